The van der Waals surface area contributed by atoms with E-state index in [0.29, 0.717) is 29.8 Å². The Morgan fingerprint density at radius 1 is 0.971 bits per heavy atom. The number of methoxy groups -OCH3 is 1. The number of aromatic nitrogens is 3. The number of halogens is 2. The Bertz CT molecular complexity index is 1240. The maximum Gasteiger partial charge on any atom is 0.136 e. The van der Waals surface area contributed by atoms with E-state index in [2.05, 4.69) is 29.5 Å². The van der Waals surface area contributed by atoms with Gasteiger partial charge < -0.3 is 14.0 Å². The normalized spacial score (nSPS) is 11.3. The Morgan fingerprint density at radius 2 is 1.71 bits per heavy atom. The van der Waals surface area contributed by atoms with Crippen LogP contribution < -0.4 is 4.74 Å². The summed E-state index contributed by atoms with van der Waals surface area (Å²) in [6.07, 6.45) is 3.65. The Labute approximate surface area is 220 Å². The molecule has 0 aliphatic rings. The van der Waals surface area contributed by atoms with Crippen LogP contribution in [0, 0.1) is 0 Å². The van der Waals surface area contributed by atoms with Crippen molar-refractivity contribution >= 4 is 35.0 Å². The Balaban J connectivity index is 1.65. The third kappa shape index (κ3) is 6.79. The molecule has 0 amide bonds. The van der Waals surface area contributed by atoms with Crippen LogP contribution in [0.2, 0.25) is 10.0 Å². The molecule has 182 valence electrons. The number of hydrogen-bond donors (Lipinski definition) is 0. The van der Waals surface area contributed by atoms with Crippen LogP contribution in [0.15, 0.2) is 76.9 Å². The van der Waals surface area contributed by atoms with Crippen LogP contribution in [-0.4, -0.2) is 21.6 Å². The molecule has 0 N–H and O–H groups in total. The van der Waals surface area contributed by atoms with Gasteiger partial charge in [-0.25, -0.2) is 4.98 Å². The van der Waals surface area contributed by atoms with Gasteiger partial charge in [-0.15, -0.1) is 0 Å². The molecule has 8 heteroatoms. The number of pyridine rings is 1. The predicted octanol–water partition coefficient (Wildman–Crippen LogP) is 7.63. The Kier molecular flexibility index (Phi) is 8.74. The average molecular weight is 529 g/mol. The smallest absolute Gasteiger partial charge is 0.136 e. The molecule has 5 nitrogen and oxygen atoms in total. The lowest BCUT2D eigenvalue weighted by Gasteiger charge is -2.14. The fourth-order valence-corrected chi connectivity index (χ4v) is 5.53. The third-order valence-corrected chi connectivity index (χ3v) is 6.88. The molecular weight excluding hydrogens is 501 g/mol. The van der Waals surface area contributed by atoms with Gasteiger partial charge in [0.2, 0.25) is 0 Å². The van der Waals surface area contributed by atoms with Gasteiger partial charge in [0.1, 0.15) is 23.2 Å². The highest BCUT2D eigenvalue weighted by molar-refractivity contribution is 7.99. The van der Waals surface area contributed by atoms with Crippen LogP contribution in [0.4, 0.5) is 0 Å². The largest absolute Gasteiger partial charge is 0.497 e. The highest BCUT2D eigenvalue weighted by Crippen LogP contribution is 2.37. The second kappa shape index (κ2) is 12.0. The fraction of sp³-hybridized carbons (Fsp3) is 0.259. The number of nitrogens with zero attached hydrogens (tertiary/aromatic N) is 3. The van der Waals surface area contributed by atoms with E-state index >= 15 is 0 Å². The van der Waals surface area contributed by atoms with E-state index in [1.165, 1.54) is 0 Å². The summed E-state index contributed by atoms with van der Waals surface area (Å²) in [5.41, 5.74) is 3.17. The Hall–Kier alpha value is -2.51. The lowest BCUT2D eigenvalue weighted by molar-refractivity contribution is 0.0991. The second-order valence-electron chi connectivity index (χ2n) is 8.37. The predicted molar refractivity (Wildman–Crippen MR) is 142 cm³/mol. The van der Waals surface area contributed by atoms with Gasteiger partial charge in [-0.05, 0) is 53.4 Å². The van der Waals surface area contributed by atoms with Crippen molar-refractivity contribution in [1.82, 2.24) is 14.5 Å². The monoisotopic (exact) mass is 527 g/mol. The van der Waals surface area contributed by atoms with Crippen molar-refractivity contribution in [3.05, 3.63) is 99.7 Å². The highest BCUT2D eigenvalue weighted by Gasteiger charge is 2.21. The van der Waals surface area contributed by atoms with E-state index in [9.17, 15) is 0 Å². The van der Waals surface area contributed by atoms with Gasteiger partial charge in [0.25, 0.3) is 0 Å². The van der Waals surface area contributed by atoms with Crippen LogP contribution in [0.1, 0.15) is 42.4 Å². The molecule has 0 saturated heterocycles. The van der Waals surface area contributed by atoms with Crippen LogP contribution in [0.5, 0.6) is 5.75 Å². The first kappa shape index (κ1) is 25.6. The first-order valence-electron chi connectivity index (χ1n) is 11.3. The zero-order valence-electron chi connectivity index (χ0n) is 19.9. The minimum atomic E-state index is 0.225. The van der Waals surface area contributed by atoms with Crippen LogP contribution >= 0.6 is 35.0 Å². The lowest BCUT2D eigenvalue weighted by Crippen LogP contribution is -2.08. The van der Waals surface area contributed by atoms with E-state index in [0.717, 1.165) is 38.3 Å². The van der Waals surface area contributed by atoms with Crippen LogP contribution in [-0.2, 0) is 24.5 Å². The molecule has 0 aliphatic carbocycles. The van der Waals surface area contributed by atoms with Crippen molar-refractivity contribution in [2.45, 2.75) is 49.4 Å². The summed E-state index contributed by atoms with van der Waals surface area (Å²) in [5, 5.41) is 2.25. The van der Waals surface area contributed by atoms with Crippen molar-refractivity contribution in [2.75, 3.05) is 7.11 Å². The number of rotatable bonds is 10. The standard InChI is InChI=1S/C27H27Cl2N3O2S/c1-18(2)26-27(35-24-12-21(28)11-22(29)13-24)32(15-20-5-4-10-30-14-20)25(31-26)17-34-16-19-6-8-23(33-3)9-7-19/h4-14,18H,15-17H2,1-3H3. The minimum absolute atomic E-state index is 0.225. The molecule has 0 radical (unpaired) electrons. The van der Waals surface area contributed by atoms with Gasteiger partial charge >= 0.3 is 0 Å². The van der Waals surface area contributed by atoms with E-state index in [1.807, 2.05) is 48.7 Å². The molecule has 4 aromatic rings. The molecule has 0 bridgehead atoms. The van der Waals surface area contributed by atoms with Gasteiger partial charge in [0, 0.05) is 27.3 Å². The fourth-order valence-electron chi connectivity index (χ4n) is 3.61. The Morgan fingerprint density at radius 3 is 2.34 bits per heavy atom. The molecular formula is C27H27Cl2N3O2S. The maximum absolute atomic E-state index is 6.28. The topological polar surface area (TPSA) is 49.2 Å². The number of ether oxygens (including phenoxy) is 2. The van der Waals surface area contributed by atoms with Gasteiger partial charge in [-0.1, -0.05) is 67.0 Å². The second-order valence-corrected chi connectivity index (χ2v) is 10.3. The number of benzene rings is 2. The molecule has 0 saturated carbocycles. The summed E-state index contributed by atoms with van der Waals surface area (Å²) >= 11 is 14.2. The van der Waals surface area contributed by atoms with Crippen molar-refractivity contribution in [3.8, 4) is 5.75 Å². The summed E-state index contributed by atoms with van der Waals surface area (Å²) in [7, 11) is 1.66. The molecule has 0 unspecified atom stereocenters. The van der Waals surface area contributed by atoms with Crippen molar-refractivity contribution in [1.29, 1.82) is 0 Å². The lowest BCUT2D eigenvalue weighted by atomic mass is 10.1. The van der Waals surface area contributed by atoms with Gasteiger partial charge in [0.05, 0.1) is 26.0 Å². The number of imidazole rings is 1. The summed E-state index contributed by atoms with van der Waals surface area (Å²) < 4.78 is 13.6. The zero-order valence-corrected chi connectivity index (χ0v) is 22.2. The van der Waals surface area contributed by atoms with E-state index in [-0.39, 0.29) is 5.92 Å². The molecule has 0 atom stereocenters. The molecule has 2 aromatic heterocycles. The van der Waals surface area contributed by atoms with E-state index < -0.39 is 0 Å². The molecule has 35 heavy (non-hydrogen) atoms. The maximum atomic E-state index is 6.28. The molecule has 0 aliphatic heterocycles. The highest BCUT2D eigenvalue weighted by atomic mass is 35.5. The molecule has 0 fully saturated rings. The van der Waals surface area contributed by atoms with Gasteiger partial charge in [0.15, 0.2) is 0 Å². The average Bonchev–Trinajstić information content (AvgIpc) is 3.16. The third-order valence-electron chi connectivity index (χ3n) is 5.35. The van der Waals surface area contributed by atoms with E-state index in [4.69, 9.17) is 37.7 Å². The summed E-state index contributed by atoms with van der Waals surface area (Å²) in [5.74, 6) is 1.91. The van der Waals surface area contributed by atoms with Gasteiger partial charge in [-0.3, -0.25) is 4.98 Å². The van der Waals surface area contributed by atoms with Crippen LogP contribution in [0.25, 0.3) is 0 Å². The first-order chi connectivity index (χ1) is 16.9. The quantitative estimate of drug-likeness (QED) is 0.212. The molecule has 2 heterocycles. The minimum Gasteiger partial charge on any atom is -0.497 e. The number of hydrogen-bond acceptors (Lipinski definition) is 5. The summed E-state index contributed by atoms with van der Waals surface area (Å²) in [6, 6.07) is 17.5. The molecule has 4 rings (SSSR count). The van der Waals surface area contributed by atoms with Gasteiger partial charge in [-0.2, -0.15) is 0 Å². The van der Waals surface area contributed by atoms with Crippen molar-refractivity contribution in [2.24, 2.45) is 0 Å². The van der Waals surface area contributed by atoms with Crippen molar-refractivity contribution < 1.29 is 9.47 Å². The van der Waals surface area contributed by atoms with Crippen molar-refractivity contribution in [3.63, 3.8) is 0 Å². The van der Waals surface area contributed by atoms with Crippen LogP contribution in [0.3, 0.4) is 0 Å². The SMILES string of the molecule is COc1ccc(COCc2nc(C(C)C)c(Sc3cc(Cl)cc(Cl)c3)n2Cc2cccnc2)cc1. The summed E-state index contributed by atoms with van der Waals surface area (Å²) in [6.45, 7) is 5.78. The van der Waals surface area contributed by atoms with E-state index in [1.54, 1.807) is 31.1 Å². The summed E-state index contributed by atoms with van der Waals surface area (Å²) in [4.78, 5) is 10.3. The molecule has 0 spiro atoms. The first-order valence-corrected chi connectivity index (χ1v) is 12.8. The molecule has 2 aromatic carbocycles. The zero-order chi connectivity index (χ0) is 24.8.